The second kappa shape index (κ2) is 7.09. The van der Waals surface area contributed by atoms with Gasteiger partial charge in [0.1, 0.15) is 11.4 Å². The quantitative estimate of drug-likeness (QED) is 0.609. The zero-order valence-corrected chi connectivity index (χ0v) is 11.5. The highest BCUT2D eigenvalue weighted by Crippen LogP contribution is 2.10. The first kappa shape index (κ1) is 13.8. The highest BCUT2D eigenvalue weighted by molar-refractivity contribution is 6.40. The van der Waals surface area contributed by atoms with Crippen molar-refractivity contribution in [2.24, 2.45) is 10.3 Å². The van der Waals surface area contributed by atoms with Crippen molar-refractivity contribution in [1.29, 1.82) is 0 Å². The van der Waals surface area contributed by atoms with Crippen LogP contribution in [0.15, 0.2) is 71.0 Å². The van der Waals surface area contributed by atoms with Gasteiger partial charge in [-0.05, 0) is 38.1 Å². The third-order valence-corrected chi connectivity index (χ3v) is 2.59. The van der Waals surface area contributed by atoms with E-state index < -0.39 is 0 Å². The van der Waals surface area contributed by atoms with Crippen molar-refractivity contribution in [3.05, 3.63) is 60.7 Å². The molecule has 2 aromatic carbocycles. The van der Waals surface area contributed by atoms with Crippen molar-refractivity contribution in [3.63, 3.8) is 0 Å². The number of nitrogens with zero attached hydrogens (tertiary/aromatic N) is 2. The summed E-state index contributed by atoms with van der Waals surface area (Å²) in [6.45, 7) is 3.63. The molecule has 2 rings (SSSR count). The third kappa shape index (κ3) is 4.24. The van der Waals surface area contributed by atoms with Crippen LogP contribution in [0.4, 0.5) is 0 Å². The molecule has 0 aromatic heterocycles. The summed E-state index contributed by atoms with van der Waals surface area (Å²) < 4.78 is 0. The molecule has 0 bridgehead atoms. The van der Waals surface area contributed by atoms with Crippen molar-refractivity contribution in [1.82, 2.24) is 0 Å². The SMILES string of the molecule is CC(=N\Oc1ccccc1)/C(C)=N/Oc1ccccc1. The van der Waals surface area contributed by atoms with Gasteiger partial charge in [0.15, 0.2) is 11.5 Å². The summed E-state index contributed by atoms with van der Waals surface area (Å²) in [7, 11) is 0. The third-order valence-electron chi connectivity index (χ3n) is 2.59. The van der Waals surface area contributed by atoms with Crippen LogP contribution in [0.25, 0.3) is 0 Å². The minimum absolute atomic E-state index is 0.657. The molecule has 0 radical (unpaired) electrons. The largest absolute Gasteiger partial charge is 0.357 e. The Morgan fingerprint density at radius 1 is 0.650 bits per heavy atom. The molecule has 2 aromatic rings. The summed E-state index contributed by atoms with van der Waals surface area (Å²) in [5.74, 6) is 1.37. The van der Waals surface area contributed by atoms with Crippen LogP contribution in [0, 0.1) is 0 Å². The molecule has 0 spiro atoms. The lowest BCUT2D eigenvalue weighted by Crippen LogP contribution is -2.08. The monoisotopic (exact) mass is 268 g/mol. The molecule has 0 heterocycles. The van der Waals surface area contributed by atoms with Crippen molar-refractivity contribution in [3.8, 4) is 11.5 Å². The van der Waals surface area contributed by atoms with Gasteiger partial charge in [-0.2, -0.15) is 0 Å². The van der Waals surface area contributed by atoms with E-state index in [0.717, 1.165) is 0 Å². The molecule has 0 N–H and O–H groups in total. The Kier molecular flexibility index (Phi) is 4.89. The summed E-state index contributed by atoms with van der Waals surface area (Å²) in [5.41, 5.74) is 1.31. The van der Waals surface area contributed by atoms with Gasteiger partial charge in [-0.15, -0.1) is 0 Å². The molecule has 0 aliphatic rings. The Balaban J connectivity index is 1.95. The highest BCUT2D eigenvalue weighted by atomic mass is 16.6. The van der Waals surface area contributed by atoms with Crippen LogP contribution in [-0.2, 0) is 0 Å². The van der Waals surface area contributed by atoms with Crippen molar-refractivity contribution in [2.45, 2.75) is 13.8 Å². The van der Waals surface area contributed by atoms with Crippen molar-refractivity contribution in [2.75, 3.05) is 0 Å². The molecule has 0 atom stereocenters. The number of rotatable bonds is 5. The Hall–Kier alpha value is -2.62. The fourth-order valence-corrected chi connectivity index (χ4v) is 1.34. The molecule has 4 heteroatoms. The smallest absolute Gasteiger partial charge is 0.157 e. The number of hydrogen-bond acceptors (Lipinski definition) is 4. The topological polar surface area (TPSA) is 43.2 Å². The summed E-state index contributed by atoms with van der Waals surface area (Å²) in [6.07, 6.45) is 0. The van der Waals surface area contributed by atoms with E-state index >= 15 is 0 Å². The van der Waals surface area contributed by atoms with Gasteiger partial charge in [-0.25, -0.2) is 0 Å². The predicted octanol–water partition coefficient (Wildman–Crippen LogP) is 3.90. The van der Waals surface area contributed by atoms with Crippen LogP contribution >= 0.6 is 0 Å². The van der Waals surface area contributed by atoms with Crippen LogP contribution in [0.2, 0.25) is 0 Å². The molecule has 0 saturated heterocycles. The zero-order chi connectivity index (χ0) is 14.2. The molecule has 20 heavy (non-hydrogen) atoms. The van der Waals surface area contributed by atoms with Gasteiger partial charge in [-0.1, -0.05) is 46.7 Å². The molecule has 4 nitrogen and oxygen atoms in total. The fourth-order valence-electron chi connectivity index (χ4n) is 1.34. The first-order valence-electron chi connectivity index (χ1n) is 6.29. The number of para-hydroxylation sites is 2. The Morgan fingerprint density at radius 3 is 1.35 bits per heavy atom. The maximum absolute atomic E-state index is 5.29. The van der Waals surface area contributed by atoms with E-state index in [9.17, 15) is 0 Å². The average Bonchev–Trinajstić information content (AvgIpc) is 2.52. The molecule has 102 valence electrons. The normalized spacial score (nSPS) is 12.1. The van der Waals surface area contributed by atoms with Gasteiger partial charge >= 0.3 is 0 Å². The number of benzene rings is 2. The van der Waals surface area contributed by atoms with Crippen LogP contribution in [0.1, 0.15) is 13.8 Å². The van der Waals surface area contributed by atoms with Gasteiger partial charge in [0.2, 0.25) is 0 Å². The van der Waals surface area contributed by atoms with E-state index in [1.165, 1.54) is 0 Å². The van der Waals surface area contributed by atoms with Gasteiger partial charge in [-0.3, -0.25) is 0 Å². The standard InChI is InChI=1S/C16H16N2O2/c1-13(17-19-15-9-5-3-6-10-15)14(2)18-20-16-11-7-4-8-12-16/h3-12H,1-2H3/b17-13+,18-14+. The first-order chi connectivity index (χ1) is 9.75. The molecule has 0 amide bonds. The molecule has 0 saturated carbocycles. The minimum Gasteiger partial charge on any atom is -0.357 e. The van der Waals surface area contributed by atoms with Gasteiger partial charge in [0.25, 0.3) is 0 Å². The lowest BCUT2D eigenvalue weighted by molar-refractivity contribution is 0.336. The molecule has 0 unspecified atom stereocenters. The number of oxime groups is 2. The Bertz CT molecular complexity index is 537. The fraction of sp³-hybridized carbons (Fsp3) is 0.125. The second-order valence-corrected chi connectivity index (χ2v) is 4.16. The highest BCUT2D eigenvalue weighted by Gasteiger charge is 2.00. The zero-order valence-electron chi connectivity index (χ0n) is 11.5. The van der Waals surface area contributed by atoms with Crippen LogP contribution in [-0.4, -0.2) is 11.4 Å². The second-order valence-electron chi connectivity index (χ2n) is 4.16. The van der Waals surface area contributed by atoms with Crippen LogP contribution in [0.3, 0.4) is 0 Å². The van der Waals surface area contributed by atoms with Crippen molar-refractivity contribution < 1.29 is 9.68 Å². The predicted molar refractivity (Wildman–Crippen MR) is 80.4 cm³/mol. The van der Waals surface area contributed by atoms with E-state index in [4.69, 9.17) is 9.68 Å². The Labute approximate surface area is 118 Å². The summed E-state index contributed by atoms with van der Waals surface area (Å²) in [6, 6.07) is 18.7. The molecule has 0 aliphatic carbocycles. The number of hydrogen-bond donors (Lipinski definition) is 0. The average molecular weight is 268 g/mol. The van der Waals surface area contributed by atoms with E-state index in [0.29, 0.717) is 22.9 Å². The van der Waals surface area contributed by atoms with E-state index in [-0.39, 0.29) is 0 Å². The molecular weight excluding hydrogens is 252 g/mol. The Morgan fingerprint density at radius 2 is 1.00 bits per heavy atom. The van der Waals surface area contributed by atoms with E-state index in [1.807, 2.05) is 74.5 Å². The van der Waals surface area contributed by atoms with E-state index in [2.05, 4.69) is 10.3 Å². The van der Waals surface area contributed by atoms with Gasteiger partial charge < -0.3 is 9.68 Å². The van der Waals surface area contributed by atoms with Gasteiger partial charge in [0, 0.05) is 0 Å². The molecular formula is C16H16N2O2. The van der Waals surface area contributed by atoms with Gasteiger partial charge in [0.05, 0.1) is 0 Å². The summed E-state index contributed by atoms with van der Waals surface area (Å²) in [4.78, 5) is 10.6. The summed E-state index contributed by atoms with van der Waals surface area (Å²) in [5, 5.41) is 8.02. The maximum atomic E-state index is 5.29. The van der Waals surface area contributed by atoms with E-state index in [1.54, 1.807) is 0 Å². The molecule has 0 fully saturated rings. The minimum atomic E-state index is 0.657. The first-order valence-corrected chi connectivity index (χ1v) is 6.29. The van der Waals surface area contributed by atoms with Crippen LogP contribution < -0.4 is 9.68 Å². The lowest BCUT2D eigenvalue weighted by atomic mass is 10.3. The van der Waals surface area contributed by atoms with Crippen molar-refractivity contribution >= 4 is 11.4 Å². The lowest BCUT2D eigenvalue weighted by Gasteiger charge is -2.02. The maximum Gasteiger partial charge on any atom is 0.157 e. The molecule has 0 aliphatic heterocycles. The van der Waals surface area contributed by atoms with Crippen LogP contribution in [0.5, 0.6) is 11.5 Å². The summed E-state index contributed by atoms with van der Waals surface area (Å²) >= 11 is 0.